The summed E-state index contributed by atoms with van der Waals surface area (Å²) < 4.78 is 6.64. The molecule has 0 bridgehead atoms. The second kappa shape index (κ2) is 6.00. The molecule has 108 valence electrons. The molecular weight excluding hydrogens is 318 g/mol. The Hall–Kier alpha value is -1.29. The van der Waals surface area contributed by atoms with Gasteiger partial charge in [0.25, 0.3) is 0 Å². The number of nitrogens with zero attached hydrogens (tertiary/aromatic N) is 1. The van der Waals surface area contributed by atoms with Gasteiger partial charge in [0.1, 0.15) is 5.60 Å². The molecule has 0 aliphatic carbocycles. The Kier molecular flexibility index (Phi) is 4.53. The zero-order valence-corrected chi connectivity index (χ0v) is 13.5. The molecule has 4 heteroatoms. The Morgan fingerprint density at radius 3 is 2.70 bits per heavy atom. The van der Waals surface area contributed by atoms with Crippen molar-refractivity contribution >= 4 is 22.0 Å². The Morgan fingerprint density at radius 1 is 1.50 bits per heavy atom. The first-order valence-electron chi connectivity index (χ1n) is 6.81. The molecule has 1 aromatic rings. The van der Waals surface area contributed by atoms with Crippen LogP contribution in [0.5, 0.6) is 0 Å². The van der Waals surface area contributed by atoms with Gasteiger partial charge in [0.05, 0.1) is 6.04 Å². The summed E-state index contributed by atoms with van der Waals surface area (Å²) in [6.45, 7) is 8.43. The molecule has 3 nitrogen and oxygen atoms in total. The second-order valence-corrected chi connectivity index (χ2v) is 6.40. The number of hydrogen-bond donors (Lipinski definition) is 0. The third kappa shape index (κ3) is 3.23. The molecule has 1 heterocycles. The minimum atomic E-state index is -0.408. The molecule has 0 aromatic heterocycles. The SMILES string of the molecule is C=CC[C@]1(C)CCN([C@@H](C)c2ccc(Br)cc2)C(=O)O1. The lowest BCUT2D eigenvalue weighted by Crippen LogP contribution is -2.48. The van der Waals surface area contributed by atoms with Crippen molar-refractivity contribution in [2.24, 2.45) is 0 Å². The van der Waals surface area contributed by atoms with Crippen LogP contribution in [0.4, 0.5) is 4.79 Å². The number of rotatable bonds is 4. The highest BCUT2D eigenvalue weighted by atomic mass is 79.9. The molecule has 1 amide bonds. The monoisotopic (exact) mass is 337 g/mol. The second-order valence-electron chi connectivity index (χ2n) is 5.48. The molecule has 1 aromatic carbocycles. The molecule has 1 aliphatic heterocycles. The van der Waals surface area contributed by atoms with Crippen LogP contribution in [0.1, 0.15) is 38.3 Å². The predicted molar refractivity (Wildman–Crippen MR) is 83.6 cm³/mol. The fourth-order valence-electron chi connectivity index (χ4n) is 2.49. The number of cyclic esters (lactones) is 1. The molecule has 20 heavy (non-hydrogen) atoms. The number of carbonyl (C=O) groups is 1. The van der Waals surface area contributed by atoms with E-state index in [1.54, 1.807) is 11.0 Å². The van der Waals surface area contributed by atoms with Crippen LogP contribution in [0.2, 0.25) is 0 Å². The first-order chi connectivity index (χ1) is 9.45. The zero-order valence-electron chi connectivity index (χ0n) is 11.9. The molecule has 0 radical (unpaired) electrons. The van der Waals surface area contributed by atoms with Gasteiger partial charge in [-0.25, -0.2) is 4.79 Å². The van der Waals surface area contributed by atoms with Crippen molar-refractivity contribution in [2.75, 3.05) is 6.54 Å². The fraction of sp³-hybridized carbons (Fsp3) is 0.438. The van der Waals surface area contributed by atoms with E-state index in [0.29, 0.717) is 13.0 Å². The normalized spacial score (nSPS) is 24.1. The van der Waals surface area contributed by atoms with Crippen molar-refractivity contribution in [2.45, 2.75) is 38.3 Å². The summed E-state index contributed by atoms with van der Waals surface area (Å²) in [7, 11) is 0. The van der Waals surface area contributed by atoms with Gasteiger partial charge in [0, 0.05) is 23.9 Å². The van der Waals surface area contributed by atoms with Crippen molar-refractivity contribution in [1.29, 1.82) is 0 Å². The van der Waals surface area contributed by atoms with Crippen molar-refractivity contribution in [3.8, 4) is 0 Å². The third-order valence-electron chi connectivity index (χ3n) is 3.85. The predicted octanol–water partition coefficient (Wildman–Crippen LogP) is 4.69. The van der Waals surface area contributed by atoms with Crippen LogP contribution in [0.3, 0.4) is 0 Å². The summed E-state index contributed by atoms with van der Waals surface area (Å²) in [5.41, 5.74) is 0.701. The number of hydrogen-bond acceptors (Lipinski definition) is 2. The highest BCUT2D eigenvalue weighted by Gasteiger charge is 2.37. The van der Waals surface area contributed by atoms with Gasteiger partial charge in [-0.1, -0.05) is 34.1 Å². The van der Waals surface area contributed by atoms with Gasteiger partial charge in [-0.15, -0.1) is 6.58 Å². The van der Waals surface area contributed by atoms with Gasteiger partial charge in [0.15, 0.2) is 0 Å². The topological polar surface area (TPSA) is 29.5 Å². The number of carbonyl (C=O) groups excluding carboxylic acids is 1. The minimum absolute atomic E-state index is 0.0175. The smallest absolute Gasteiger partial charge is 0.410 e. The summed E-state index contributed by atoms with van der Waals surface area (Å²) in [5, 5.41) is 0. The van der Waals surface area contributed by atoms with Crippen LogP contribution < -0.4 is 0 Å². The molecule has 1 saturated heterocycles. The lowest BCUT2D eigenvalue weighted by atomic mass is 9.95. The minimum Gasteiger partial charge on any atom is -0.443 e. The number of benzene rings is 1. The Bertz CT molecular complexity index is 500. The highest BCUT2D eigenvalue weighted by molar-refractivity contribution is 9.10. The van der Waals surface area contributed by atoms with Crippen molar-refractivity contribution in [3.63, 3.8) is 0 Å². The zero-order chi connectivity index (χ0) is 14.8. The van der Waals surface area contributed by atoms with Gasteiger partial charge in [-0.2, -0.15) is 0 Å². The first-order valence-corrected chi connectivity index (χ1v) is 7.60. The summed E-state index contributed by atoms with van der Waals surface area (Å²) in [5.74, 6) is 0. The first kappa shape index (κ1) is 15.1. The van der Waals surface area contributed by atoms with Gasteiger partial charge in [-0.3, -0.25) is 0 Å². The average Bonchev–Trinajstić information content (AvgIpc) is 2.39. The average molecular weight is 338 g/mol. The van der Waals surface area contributed by atoms with Gasteiger partial charge < -0.3 is 9.64 Å². The van der Waals surface area contributed by atoms with Crippen LogP contribution in [-0.4, -0.2) is 23.1 Å². The summed E-state index contributed by atoms with van der Waals surface area (Å²) in [4.78, 5) is 14.0. The molecule has 2 atom stereocenters. The largest absolute Gasteiger partial charge is 0.443 e. The van der Waals surface area contributed by atoms with Crippen LogP contribution >= 0.6 is 15.9 Å². The van der Waals surface area contributed by atoms with E-state index in [2.05, 4.69) is 22.5 Å². The van der Waals surface area contributed by atoms with Gasteiger partial charge >= 0.3 is 6.09 Å². The standard InChI is InChI=1S/C16H20BrNO2/c1-4-9-16(3)10-11-18(15(19)20-16)12(2)13-5-7-14(17)8-6-13/h4-8,12H,1,9-11H2,2-3H3/t12-,16+/m0/s1. The number of amides is 1. The number of halogens is 1. The van der Waals surface area contributed by atoms with Gasteiger partial charge in [0.2, 0.25) is 0 Å². The van der Waals surface area contributed by atoms with Crippen LogP contribution in [-0.2, 0) is 4.74 Å². The maximum atomic E-state index is 12.2. The molecule has 2 rings (SSSR count). The van der Waals surface area contributed by atoms with E-state index in [4.69, 9.17) is 4.74 Å². The van der Waals surface area contributed by atoms with Crippen LogP contribution in [0.25, 0.3) is 0 Å². The number of ether oxygens (including phenoxy) is 1. The van der Waals surface area contributed by atoms with E-state index >= 15 is 0 Å². The van der Waals surface area contributed by atoms with Crippen molar-refractivity contribution < 1.29 is 9.53 Å². The molecular formula is C16H20BrNO2. The summed E-state index contributed by atoms with van der Waals surface area (Å²) in [6.07, 6.45) is 3.09. The van der Waals surface area contributed by atoms with E-state index in [0.717, 1.165) is 16.5 Å². The van der Waals surface area contributed by atoms with E-state index in [9.17, 15) is 4.79 Å². The lowest BCUT2D eigenvalue weighted by molar-refractivity contribution is -0.0433. The van der Waals surface area contributed by atoms with E-state index in [-0.39, 0.29) is 12.1 Å². The van der Waals surface area contributed by atoms with Gasteiger partial charge in [-0.05, 0) is 31.5 Å². The Balaban J connectivity index is 2.09. The maximum Gasteiger partial charge on any atom is 0.410 e. The van der Waals surface area contributed by atoms with Crippen molar-refractivity contribution in [3.05, 3.63) is 47.0 Å². The van der Waals surface area contributed by atoms with Crippen molar-refractivity contribution in [1.82, 2.24) is 4.90 Å². The molecule has 1 fully saturated rings. The molecule has 0 spiro atoms. The van der Waals surface area contributed by atoms with Crippen LogP contribution in [0, 0.1) is 0 Å². The lowest BCUT2D eigenvalue weighted by Gasteiger charge is -2.41. The Labute approximate surface area is 128 Å². The quantitative estimate of drug-likeness (QED) is 0.746. The fourth-order valence-corrected chi connectivity index (χ4v) is 2.76. The summed E-state index contributed by atoms with van der Waals surface area (Å²) >= 11 is 3.42. The van der Waals surface area contributed by atoms with Crippen LogP contribution in [0.15, 0.2) is 41.4 Å². The third-order valence-corrected chi connectivity index (χ3v) is 4.37. The maximum absolute atomic E-state index is 12.2. The molecule has 0 unspecified atom stereocenters. The summed E-state index contributed by atoms with van der Waals surface area (Å²) in [6, 6.07) is 8.05. The van der Waals surface area contributed by atoms with E-state index in [1.807, 2.05) is 38.1 Å². The molecule has 0 saturated carbocycles. The highest BCUT2D eigenvalue weighted by Crippen LogP contribution is 2.32. The van der Waals surface area contributed by atoms with E-state index < -0.39 is 5.60 Å². The molecule has 0 N–H and O–H groups in total. The molecule has 1 aliphatic rings. The van der Waals surface area contributed by atoms with E-state index in [1.165, 1.54) is 0 Å². The Morgan fingerprint density at radius 2 is 2.15 bits per heavy atom.